The Kier molecular flexibility index (Phi) is 19.8. The first kappa shape index (κ1) is 69.0. The number of aryl methyl sites for hydroxylation is 2. The average molecular weight is 1510 g/mol. The molecule has 5 aromatic carbocycles. The number of aromatic nitrogens is 22. The van der Waals surface area contributed by atoms with Crippen LogP contribution in [-0.2, 0) is 0 Å². The van der Waals surface area contributed by atoms with Gasteiger partial charge in [-0.15, -0.1) is 20.4 Å². The first-order valence-corrected chi connectivity index (χ1v) is 34.2. The van der Waals surface area contributed by atoms with Gasteiger partial charge in [0.15, 0.2) is 34.0 Å². The van der Waals surface area contributed by atoms with E-state index in [1.807, 2.05) is 194 Å². The molecule has 0 saturated heterocycles. The maximum absolute atomic E-state index is 14.7. The summed E-state index contributed by atoms with van der Waals surface area (Å²) in [5, 5.41) is 56.6. The van der Waals surface area contributed by atoms with E-state index in [1.165, 1.54) is 24.3 Å². The summed E-state index contributed by atoms with van der Waals surface area (Å²) in [6, 6.07) is 61.6. The van der Waals surface area contributed by atoms with Gasteiger partial charge in [0.2, 0.25) is 0 Å². The number of hydrogen-bond donors (Lipinski definition) is 0. The third-order valence-corrected chi connectivity index (χ3v) is 17.1. The van der Waals surface area contributed by atoms with Crippen molar-refractivity contribution < 1.29 is 22.2 Å². The number of rotatable bonds is 14. The number of fused-ring (bicyclic) bond motifs is 1. The minimum atomic E-state index is -0.700. The Morgan fingerprint density at radius 3 is 1.67 bits per heavy atom. The molecule has 0 bridgehead atoms. The highest BCUT2D eigenvalue weighted by molar-refractivity contribution is 9.08. The number of halogens is 5. The predicted molar refractivity (Wildman–Crippen MR) is 399 cm³/mol. The zero-order chi connectivity index (χ0) is 73.5. The van der Waals surface area contributed by atoms with Gasteiger partial charge < -0.3 is 9.05 Å². The molecule has 0 fully saturated rings. The monoisotopic (exact) mass is 1500 g/mol. The molecule has 24 nitrogen and oxygen atoms in total. The lowest BCUT2D eigenvalue weighted by Crippen LogP contribution is -2.02. The van der Waals surface area contributed by atoms with E-state index in [9.17, 15) is 13.2 Å². The number of pyridine rings is 2. The van der Waals surface area contributed by atoms with Crippen molar-refractivity contribution in [3.63, 3.8) is 0 Å². The molecular weight excluding hydrogens is 1450 g/mol. The molecule has 0 atom stereocenters. The summed E-state index contributed by atoms with van der Waals surface area (Å²) in [6.07, 6.45) is 17.9. The third kappa shape index (κ3) is 15.4. The van der Waals surface area contributed by atoms with Crippen molar-refractivity contribution in [2.45, 2.75) is 33.6 Å². The molecule has 0 aliphatic rings. The molecule has 13 aromatic heterocycles. The normalized spacial score (nSPS) is 11.1. The molecule has 0 spiro atoms. The molecular formula is C78H57BrClF3N22O2. The highest BCUT2D eigenvalue weighted by Crippen LogP contribution is 2.36. The fourth-order valence-corrected chi connectivity index (χ4v) is 11.8. The number of nitrogens with zero attached hydrogens (tertiary/aromatic N) is 22. The van der Waals surface area contributed by atoms with Crippen LogP contribution in [0.25, 0.3) is 125 Å². The quantitative estimate of drug-likeness (QED) is 0.0980. The Morgan fingerprint density at radius 1 is 0.430 bits per heavy atom. The number of para-hydroxylation sites is 3. The summed E-state index contributed by atoms with van der Waals surface area (Å²) in [4.78, 5) is 8.07. The Balaban J connectivity index is 0.000000115. The number of hydrogen-bond acceptors (Lipinski definition) is 17. The van der Waals surface area contributed by atoms with Crippen LogP contribution in [0.5, 0.6) is 0 Å². The van der Waals surface area contributed by atoms with Crippen LogP contribution >= 0.6 is 27.7 Å². The van der Waals surface area contributed by atoms with Crippen LogP contribution in [0.1, 0.15) is 37.0 Å². The second-order valence-corrected chi connectivity index (χ2v) is 25.4. The zero-order valence-corrected chi connectivity index (χ0v) is 59.4. The molecule has 13 heterocycles. The highest BCUT2D eigenvalue weighted by Gasteiger charge is 2.24. The fourth-order valence-electron chi connectivity index (χ4n) is 11.4. The Bertz CT molecular complexity index is 6040. The Hall–Kier alpha value is -13.7. The minimum Gasteiger partial charge on any atom is -0.354 e. The van der Waals surface area contributed by atoms with Gasteiger partial charge in [-0.05, 0) is 153 Å². The molecule has 0 unspecified atom stereocenters. The predicted octanol–water partition coefficient (Wildman–Crippen LogP) is 17.2. The molecule has 18 aromatic rings. The van der Waals surface area contributed by atoms with Crippen molar-refractivity contribution in [2.24, 2.45) is 0 Å². The summed E-state index contributed by atoms with van der Waals surface area (Å²) in [7, 11) is 0. The van der Waals surface area contributed by atoms with E-state index in [4.69, 9.17) is 30.8 Å². The molecule has 0 saturated carbocycles. The summed E-state index contributed by atoms with van der Waals surface area (Å²) in [5.74, 6) is 0.997. The van der Waals surface area contributed by atoms with Gasteiger partial charge in [0.05, 0.1) is 79.8 Å². The second-order valence-electron chi connectivity index (χ2n) is 24.3. The molecule has 0 aliphatic heterocycles. The molecule has 0 N–H and O–H groups in total. The van der Waals surface area contributed by atoms with E-state index in [-0.39, 0.29) is 17.3 Å². The van der Waals surface area contributed by atoms with E-state index in [2.05, 4.69) is 88.4 Å². The Morgan fingerprint density at radius 2 is 1.04 bits per heavy atom. The lowest BCUT2D eigenvalue weighted by molar-refractivity contribution is 0.424. The van der Waals surface area contributed by atoms with Crippen LogP contribution in [0, 0.1) is 31.3 Å². The summed E-state index contributed by atoms with van der Waals surface area (Å²) in [6.45, 7) is 7.77. The van der Waals surface area contributed by atoms with Crippen molar-refractivity contribution in [2.75, 3.05) is 0 Å². The standard InChI is InChI=1S/C22H17F2N7.C21H15BrN6.C18H11ClFN5.C17H14N4O2/c1-13(2)22-27-26-20-6-5-19(28-31(20)22)17-12-30(15-7-9-25-10-8-15)29-21(17)16-4-3-14(23)11-18(16)24;22-27-15-17(13-24-27)21-11-20(25-28(21)19-9-5-2-6-10-19)16-12-23-26(14-16)18-7-3-1-4-8-18;19-16-5-6-17(23-22-16)25-11-15(12-7-9-21-10-8-12)18(24-25)13-1-3-14(20)4-2-13;1-11-8-16(22-19-11)14-10-15(17-9-12(2)20-23-17)21(18-14)13-6-4-3-5-7-13/h3-13H,1-2H3;1-15H;1-11H;3-10H,1-2H3. The van der Waals surface area contributed by atoms with Crippen molar-refractivity contribution in [1.82, 2.24) is 108 Å². The van der Waals surface area contributed by atoms with Gasteiger partial charge in [0.1, 0.15) is 40.2 Å². The van der Waals surface area contributed by atoms with Gasteiger partial charge >= 0.3 is 0 Å². The number of benzene rings is 5. The van der Waals surface area contributed by atoms with Gasteiger partial charge in [0.25, 0.3) is 0 Å². The topological polar surface area (TPSA) is 254 Å². The molecule has 0 amide bonds. The van der Waals surface area contributed by atoms with Gasteiger partial charge in [-0.25, -0.2) is 40.3 Å². The van der Waals surface area contributed by atoms with Crippen LogP contribution in [0.2, 0.25) is 5.15 Å². The highest BCUT2D eigenvalue weighted by atomic mass is 79.9. The summed E-state index contributed by atoms with van der Waals surface area (Å²) >= 11 is 9.15. The molecule has 107 heavy (non-hydrogen) atoms. The van der Waals surface area contributed by atoms with E-state index in [0.29, 0.717) is 62.3 Å². The maximum Gasteiger partial charge on any atom is 0.187 e. The molecule has 29 heteroatoms. The first-order chi connectivity index (χ1) is 52.2. The lowest BCUT2D eigenvalue weighted by atomic mass is 10.0. The Labute approximate surface area is 620 Å². The van der Waals surface area contributed by atoms with Crippen molar-refractivity contribution in [3.05, 3.63) is 308 Å². The maximum atomic E-state index is 14.7. The summed E-state index contributed by atoms with van der Waals surface area (Å²) < 4.78 is 64.3. The first-order valence-electron chi connectivity index (χ1n) is 33.1. The van der Waals surface area contributed by atoms with Crippen LogP contribution in [-0.4, -0.2) is 108 Å². The largest absolute Gasteiger partial charge is 0.354 e. The van der Waals surface area contributed by atoms with Crippen molar-refractivity contribution >= 4 is 33.4 Å². The fraction of sp³-hybridized carbons (Fsp3) is 0.0641. The summed E-state index contributed by atoms with van der Waals surface area (Å²) in [5.41, 5.74) is 16.2. The van der Waals surface area contributed by atoms with E-state index < -0.39 is 11.6 Å². The molecule has 18 rings (SSSR count). The second kappa shape index (κ2) is 30.7. The minimum absolute atomic E-state index is 0.117. The van der Waals surface area contributed by atoms with Crippen LogP contribution in [0.15, 0.2) is 277 Å². The van der Waals surface area contributed by atoms with Gasteiger partial charge in [-0.3, -0.25) is 9.97 Å². The van der Waals surface area contributed by atoms with E-state index in [1.54, 1.807) is 97.1 Å². The zero-order valence-electron chi connectivity index (χ0n) is 57.0. The smallest absolute Gasteiger partial charge is 0.187 e. The van der Waals surface area contributed by atoms with Crippen molar-refractivity contribution in [1.29, 1.82) is 0 Å². The van der Waals surface area contributed by atoms with E-state index >= 15 is 0 Å². The molecule has 526 valence electrons. The molecule has 0 radical (unpaired) electrons. The van der Waals surface area contributed by atoms with Crippen LogP contribution in [0.4, 0.5) is 13.2 Å². The van der Waals surface area contributed by atoms with Crippen LogP contribution < -0.4 is 0 Å². The van der Waals surface area contributed by atoms with Gasteiger partial charge in [-0.2, -0.15) is 40.2 Å². The average Bonchev–Trinajstić information content (AvgIpc) is 1.66. The molecule has 0 aliphatic carbocycles. The lowest BCUT2D eigenvalue weighted by Gasteiger charge is -2.06. The van der Waals surface area contributed by atoms with E-state index in [0.717, 1.165) is 85.1 Å². The van der Waals surface area contributed by atoms with Gasteiger partial charge in [-0.1, -0.05) is 90.4 Å². The van der Waals surface area contributed by atoms with Gasteiger partial charge in [0, 0.05) is 107 Å². The van der Waals surface area contributed by atoms with Crippen LogP contribution in [0.3, 0.4) is 0 Å². The third-order valence-electron chi connectivity index (χ3n) is 16.5. The SMILES string of the molecule is Brn1cc(-c2cc(-c3cnn(-c4ccccc4)c3)nn2-c2ccccc2)cn1.CC(C)c1nnc2ccc(-c3cn(-c4ccncc4)nc3-c3ccc(F)cc3F)nn12.Cc1cc(-c2cc(-c3cc(C)no3)n(-c3ccccc3)n2)on1.Fc1ccc(-c2nn(-c3ccc(Cl)nn3)cc2-c2ccncc2)cc1. The van der Waals surface area contributed by atoms with Crippen molar-refractivity contribution in [3.8, 4) is 119 Å².